The number of aromatic nitrogens is 1. The van der Waals surface area contributed by atoms with Gasteiger partial charge in [-0.2, -0.15) is 0 Å². The van der Waals surface area contributed by atoms with Crippen LogP contribution in [0.25, 0.3) is 0 Å². The molecule has 0 saturated heterocycles. The molecule has 0 fully saturated rings. The van der Waals surface area contributed by atoms with Crippen LogP contribution in [-0.2, 0) is 4.79 Å². The third-order valence-corrected chi connectivity index (χ3v) is 1.69. The summed E-state index contributed by atoms with van der Waals surface area (Å²) in [5, 5.41) is 0.379. The van der Waals surface area contributed by atoms with Gasteiger partial charge in [-0.25, -0.2) is 4.98 Å². The van der Waals surface area contributed by atoms with Crippen molar-refractivity contribution in [3.05, 3.63) is 28.5 Å². The van der Waals surface area contributed by atoms with E-state index in [2.05, 4.69) is 16.8 Å². The highest BCUT2D eigenvalue weighted by Crippen LogP contribution is 2.12. The van der Waals surface area contributed by atoms with Gasteiger partial charge in [0, 0.05) is 6.20 Å². The minimum Gasteiger partial charge on any atom is -0.302 e. The lowest BCUT2D eigenvalue weighted by Crippen LogP contribution is -1.84. The Morgan fingerprint density at radius 2 is 2.46 bits per heavy atom. The Balaban J connectivity index is 2.95. The highest BCUT2D eigenvalue weighted by atomic mass is 35.5. The van der Waals surface area contributed by atoms with Crippen LogP contribution in [0.3, 0.4) is 0 Å². The van der Waals surface area contributed by atoms with E-state index in [-0.39, 0.29) is 6.42 Å². The van der Waals surface area contributed by atoms with Gasteiger partial charge in [-0.15, -0.1) is 0 Å². The van der Waals surface area contributed by atoms with E-state index >= 15 is 0 Å². The SMILES string of the molecule is Cc1cnc(Cl)c(C#CCC=O)c1. The molecule has 0 atom stereocenters. The summed E-state index contributed by atoms with van der Waals surface area (Å²) in [6.07, 6.45) is 2.65. The molecule has 0 amide bonds. The van der Waals surface area contributed by atoms with Gasteiger partial charge in [0.25, 0.3) is 0 Å². The van der Waals surface area contributed by atoms with Gasteiger partial charge in [-0.1, -0.05) is 23.4 Å². The molecule has 0 aliphatic heterocycles. The molecule has 0 aliphatic carbocycles. The van der Waals surface area contributed by atoms with Crippen LogP contribution in [0.2, 0.25) is 5.15 Å². The minimum atomic E-state index is 0.226. The van der Waals surface area contributed by atoms with Crippen LogP contribution in [0.1, 0.15) is 17.5 Å². The van der Waals surface area contributed by atoms with E-state index in [9.17, 15) is 4.79 Å². The maximum Gasteiger partial charge on any atom is 0.144 e. The highest BCUT2D eigenvalue weighted by Gasteiger charge is 1.96. The first-order valence-electron chi connectivity index (χ1n) is 3.78. The molecule has 2 nitrogen and oxygen atoms in total. The number of carbonyl (C=O) groups is 1. The number of hydrogen-bond donors (Lipinski definition) is 0. The number of pyridine rings is 1. The zero-order valence-electron chi connectivity index (χ0n) is 7.17. The van der Waals surface area contributed by atoms with E-state index in [4.69, 9.17) is 11.6 Å². The molecule has 0 aliphatic rings. The first-order valence-corrected chi connectivity index (χ1v) is 4.16. The third kappa shape index (κ3) is 2.89. The quantitative estimate of drug-likeness (QED) is 0.388. The van der Waals surface area contributed by atoms with E-state index in [1.807, 2.05) is 13.0 Å². The molecule has 0 N–H and O–H groups in total. The van der Waals surface area contributed by atoms with E-state index in [1.165, 1.54) is 0 Å². The van der Waals surface area contributed by atoms with Gasteiger partial charge in [-0.05, 0) is 18.6 Å². The first-order chi connectivity index (χ1) is 6.24. The number of carbonyl (C=O) groups excluding carboxylic acids is 1. The molecule has 0 radical (unpaired) electrons. The normalized spacial score (nSPS) is 8.77. The van der Waals surface area contributed by atoms with E-state index in [0.29, 0.717) is 10.7 Å². The van der Waals surface area contributed by atoms with Crippen molar-refractivity contribution in [2.24, 2.45) is 0 Å². The molecule has 0 bridgehead atoms. The molecule has 66 valence electrons. The average Bonchev–Trinajstić information content (AvgIpc) is 2.11. The van der Waals surface area contributed by atoms with Crippen LogP contribution in [0.5, 0.6) is 0 Å². The number of halogens is 1. The lowest BCUT2D eigenvalue weighted by atomic mass is 10.2. The van der Waals surface area contributed by atoms with Gasteiger partial charge in [0.15, 0.2) is 0 Å². The van der Waals surface area contributed by atoms with Crippen molar-refractivity contribution in [1.82, 2.24) is 4.98 Å². The molecule has 13 heavy (non-hydrogen) atoms. The fourth-order valence-electron chi connectivity index (χ4n) is 0.828. The molecule has 1 rings (SSSR count). The molecule has 3 heteroatoms. The van der Waals surface area contributed by atoms with Crippen molar-refractivity contribution in [3.63, 3.8) is 0 Å². The first kappa shape index (κ1) is 9.76. The van der Waals surface area contributed by atoms with Gasteiger partial charge in [0.1, 0.15) is 11.4 Å². The molecular formula is C10H8ClNO. The van der Waals surface area contributed by atoms with Crippen LogP contribution in [-0.4, -0.2) is 11.3 Å². The summed E-state index contributed by atoms with van der Waals surface area (Å²) in [5.41, 5.74) is 1.67. The Bertz CT molecular complexity index is 376. The largest absolute Gasteiger partial charge is 0.302 e. The van der Waals surface area contributed by atoms with Crippen LogP contribution in [0, 0.1) is 18.8 Å². The monoisotopic (exact) mass is 193 g/mol. The Labute approximate surface area is 81.9 Å². The smallest absolute Gasteiger partial charge is 0.144 e. The Morgan fingerprint density at radius 1 is 1.69 bits per heavy atom. The summed E-state index contributed by atoms with van der Waals surface area (Å²) < 4.78 is 0. The van der Waals surface area contributed by atoms with Gasteiger partial charge in [0.2, 0.25) is 0 Å². The summed E-state index contributed by atoms with van der Waals surface area (Å²) >= 11 is 5.77. The van der Waals surface area contributed by atoms with Crippen LogP contribution < -0.4 is 0 Å². The van der Waals surface area contributed by atoms with Gasteiger partial charge in [-0.3, -0.25) is 0 Å². The van der Waals surface area contributed by atoms with Gasteiger partial charge in [0.05, 0.1) is 12.0 Å². The van der Waals surface area contributed by atoms with Gasteiger partial charge >= 0.3 is 0 Å². The number of rotatable bonds is 1. The zero-order chi connectivity index (χ0) is 9.68. The molecule has 1 aromatic heterocycles. The number of hydrogen-bond acceptors (Lipinski definition) is 2. The third-order valence-electron chi connectivity index (χ3n) is 1.38. The molecule has 0 unspecified atom stereocenters. The van der Waals surface area contributed by atoms with Crippen molar-refractivity contribution in [1.29, 1.82) is 0 Å². The Morgan fingerprint density at radius 3 is 3.15 bits per heavy atom. The second-order valence-corrected chi connectivity index (χ2v) is 2.88. The summed E-state index contributed by atoms with van der Waals surface area (Å²) in [6, 6.07) is 1.84. The van der Waals surface area contributed by atoms with Crippen molar-refractivity contribution in [2.45, 2.75) is 13.3 Å². The van der Waals surface area contributed by atoms with Crippen LogP contribution in [0.4, 0.5) is 0 Å². The van der Waals surface area contributed by atoms with Crippen molar-refractivity contribution in [2.75, 3.05) is 0 Å². The van der Waals surface area contributed by atoms with E-state index in [1.54, 1.807) is 6.20 Å². The predicted molar refractivity (Wildman–Crippen MR) is 51.5 cm³/mol. The highest BCUT2D eigenvalue weighted by molar-refractivity contribution is 6.30. The molecule has 1 heterocycles. The lowest BCUT2D eigenvalue weighted by molar-refractivity contribution is -0.107. The second kappa shape index (κ2) is 4.64. The molecule has 0 saturated carbocycles. The van der Waals surface area contributed by atoms with E-state index < -0.39 is 0 Å². The number of aldehydes is 1. The fraction of sp³-hybridized carbons (Fsp3) is 0.200. The van der Waals surface area contributed by atoms with Gasteiger partial charge < -0.3 is 4.79 Å². The molecule has 1 aromatic rings. The second-order valence-electron chi connectivity index (χ2n) is 2.52. The maximum atomic E-state index is 10.00. The Hall–Kier alpha value is -1.33. The number of nitrogens with zero attached hydrogens (tertiary/aromatic N) is 1. The lowest BCUT2D eigenvalue weighted by Gasteiger charge is -1.95. The molecular weight excluding hydrogens is 186 g/mol. The zero-order valence-corrected chi connectivity index (χ0v) is 7.93. The summed E-state index contributed by atoms with van der Waals surface area (Å²) in [6.45, 7) is 1.91. The minimum absolute atomic E-state index is 0.226. The Kier molecular flexibility index (Phi) is 3.48. The summed E-state index contributed by atoms with van der Waals surface area (Å²) in [5.74, 6) is 5.46. The number of aryl methyl sites for hydroxylation is 1. The fourth-order valence-corrected chi connectivity index (χ4v) is 0.979. The topological polar surface area (TPSA) is 30.0 Å². The average molecular weight is 194 g/mol. The molecule has 0 spiro atoms. The molecule has 0 aromatic carbocycles. The van der Waals surface area contributed by atoms with Crippen molar-refractivity contribution in [3.8, 4) is 11.8 Å². The summed E-state index contributed by atoms with van der Waals surface area (Å²) in [7, 11) is 0. The standard InChI is InChI=1S/C10H8ClNO/c1-8-6-9(4-2-3-5-13)10(11)12-7-8/h5-7H,3H2,1H3. The maximum absolute atomic E-state index is 10.00. The summed E-state index contributed by atoms with van der Waals surface area (Å²) in [4.78, 5) is 13.9. The van der Waals surface area contributed by atoms with Crippen molar-refractivity contribution < 1.29 is 4.79 Å². The van der Waals surface area contributed by atoms with Crippen LogP contribution in [0.15, 0.2) is 12.3 Å². The van der Waals surface area contributed by atoms with Crippen molar-refractivity contribution >= 4 is 17.9 Å². The van der Waals surface area contributed by atoms with E-state index in [0.717, 1.165) is 11.8 Å². The predicted octanol–water partition coefficient (Wildman–Crippen LogP) is 1.98. The van der Waals surface area contributed by atoms with Crippen LogP contribution >= 0.6 is 11.6 Å².